The summed E-state index contributed by atoms with van der Waals surface area (Å²) in [5.41, 5.74) is 11.8. The number of hydrogen-bond acceptors (Lipinski definition) is 4. The van der Waals surface area contributed by atoms with Crippen LogP contribution < -0.4 is 14.5 Å². The van der Waals surface area contributed by atoms with Gasteiger partial charge in [0.25, 0.3) is 0 Å². The number of aromatic nitrogens is 2. The molecule has 0 fully saturated rings. The molecule has 0 atom stereocenters. The summed E-state index contributed by atoms with van der Waals surface area (Å²) in [6.07, 6.45) is 1.31. The molecule has 334 valence electrons. The van der Waals surface area contributed by atoms with E-state index in [1.807, 2.05) is 71.3 Å². The van der Waals surface area contributed by atoms with Crippen molar-refractivity contribution in [2.24, 2.45) is 0 Å². The van der Waals surface area contributed by atoms with Gasteiger partial charge in [-0.15, -0.1) is 0 Å². The van der Waals surface area contributed by atoms with Crippen molar-refractivity contribution in [1.29, 1.82) is 0 Å². The van der Waals surface area contributed by atoms with Gasteiger partial charge in [0.2, 0.25) is 0 Å². The highest BCUT2D eigenvalue weighted by Gasteiger charge is 2.33. The van der Waals surface area contributed by atoms with E-state index in [2.05, 4.69) is 142 Å². The zero-order valence-electron chi connectivity index (χ0n) is 47.1. The lowest BCUT2D eigenvalue weighted by atomic mass is 9.80. The van der Waals surface area contributed by atoms with Gasteiger partial charge < -0.3 is 14.5 Å². The van der Waals surface area contributed by atoms with Crippen LogP contribution in [0, 0.1) is 6.85 Å². The molecule has 1 aliphatic rings. The van der Waals surface area contributed by atoms with Crippen molar-refractivity contribution >= 4 is 44.6 Å². The summed E-state index contributed by atoms with van der Waals surface area (Å²) < 4.78 is 77.2. The van der Waals surface area contributed by atoms with Gasteiger partial charge in [-0.1, -0.05) is 169 Å². The minimum absolute atomic E-state index is 0.0662. The molecule has 0 saturated heterocycles. The van der Waals surface area contributed by atoms with Crippen molar-refractivity contribution in [2.45, 2.75) is 59.2 Å². The van der Waals surface area contributed by atoms with Crippen molar-refractivity contribution in [3.05, 3.63) is 217 Å². The lowest BCUT2D eigenvalue weighted by molar-refractivity contribution is 0.483. The molecule has 2 aromatic heterocycles. The second-order valence-electron chi connectivity index (χ2n) is 19.6. The molecule has 10 aromatic rings. The zero-order chi connectivity index (χ0) is 53.6. The van der Waals surface area contributed by atoms with Gasteiger partial charge in [-0.25, -0.2) is 4.98 Å². The van der Waals surface area contributed by atoms with E-state index in [1.165, 1.54) is 23.4 Å². The van der Waals surface area contributed by atoms with Crippen LogP contribution in [-0.2, 0) is 10.8 Å². The molecule has 3 heterocycles. The number of anilines is 4. The third kappa shape index (κ3) is 7.78. The number of pyridine rings is 1. The maximum absolute atomic E-state index is 8.73. The molecule has 0 bridgehead atoms. The van der Waals surface area contributed by atoms with Gasteiger partial charge in [-0.2, -0.15) is 0 Å². The zero-order valence-corrected chi connectivity index (χ0v) is 39.1. The topological polar surface area (TPSA) is 33.5 Å². The molecular formula is C63H56N4O. The molecule has 0 aliphatic carbocycles. The fourth-order valence-corrected chi connectivity index (χ4v) is 9.45. The predicted molar refractivity (Wildman–Crippen MR) is 286 cm³/mol. The van der Waals surface area contributed by atoms with Crippen LogP contribution in [0.2, 0.25) is 0 Å². The summed E-state index contributed by atoms with van der Waals surface area (Å²) in [4.78, 5) is 9.62. The lowest BCUT2D eigenvalue weighted by Gasteiger charge is -2.30. The third-order valence-corrected chi connectivity index (χ3v) is 13.0. The van der Waals surface area contributed by atoms with E-state index in [0.29, 0.717) is 23.7 Å². The van der Waals surface area contributed by atoms with Crippen molar-refractivity contribution in [1.82, 2.24) is 9.55 Å². The van der Waals surface area contributed by atoms with Crippen LogP contribution in [0.4, 0.5) is 22.7 Å². The first-order valence-electron chi connectivity index (χ1n) is 27.1. The Morgan fingerprint density at radius 3 is 1.91 bits per heavy atom. The van der Waals surface area contributed by atoms with E-state index >= 15 is 0 Å². The second kappa shape index (κ2) is 16.8. The first-order chi connectivity index (χ1) is 36.2. The maximum atomic E-state index is 8.73. The van der Waals surface area contributed by atoms with Crippen LogP contribution >= 0.6 is 0 Å². The first-order valence-corrected chi connectivity index (χ1v) is 23.1. The van der Waals surface area contributed by atoms with Crippen LogP contribution in [0.1, 0.15) is 69.2 Å². The van der Waals surface area contributed by atoms with Crippen molar-refractivity contribution in [3.8, 4) is 50.7 Å². The monoisotopic (exact) mass is 892 g/mol. The molecule has 68 heavy (non-hydrogen) atoms. The van der Waals surface area contributed by atoms with Crippen molar-refractivity contribution in [2.75, 3.05) is 16.5 Å². The SMILES string of the molecule is [2H]c1c([2H])c([2H])c(-c2cnc(-n3c4cc(Oc5cccc(N6CN(c7cc(C(C)(C)C)cc(C(C)(C)C)c7)c7c(-c8ccccc8)cccc76)c5)ccc4c4c(-c5ccccc5)cccc43)cc2C([2H])([2H])[2H])c([2H])c1[2H]. The van der Waals surface area contributed by atoms with Crippen LogP contribution in [-0.4, -0.2) is 16.2 Å². The summed E-state index contributed by atoms with van der Waals surface area (Å²) in [5.74, 6) is 1.41. The van der Waals surface area contributed by atoms with E-state index in [0.717, 1.165) is 61.3 Å². The average molecular weight is 893 g/mol. The first kappa shape index (κ1) is 34.4. The molecule has 1 aliphatic heterocycles. The van der Waals surface area contributed by atoms with Gasteiger partial charge >= 0.3 is 0 Å². The maximum Gasteiger partial charge on any atom is 0.137 e. The largest absolute Gasteiger partial charge is 0.457 e. The van der Waals surface area contributed by atoms with Crippen molar-refractivity contribution < 1.29 is 15.7 Å². The Balaban J connectivity index is 1.04. The van der Waals surface area contributed by atoms with Crippen LogP contribution in [0.15, 0.2) is 200 Å². The van der Waals surface area contributed by atoms with E-state index in [1.54, 1.807) is 0 Å². The number of ether oxygens (including phenoxy) is 1. The van der Waals surface area contributed by atoms with Gasteiger partial charge in [0.1, 0.15) is 24.0 Å². The molecule has 11 rings (SSSR count). The summed E-state index contributed by atoms with van der Waals surface area (Å²) in [5, 5.41) is 1.79. The molecule has 5 heteroatoms. The Morgan fingerprint density at radius 1 is 0.544 bits per heavy atom. The molecular weight excluding hydrogens is 829 g/mol. The van der Waals surface area contributed by atoms with Crippen LogP contribution in [0.5, 0.6) is 11.5 Å². The lowest BCUT2D eigenvalue weighted by Crippen LogP contribution is -2.25. The van der Waals surface area contributed by atoms with Crippen molar-refractivity contribution in [3.63, 3.8) is 0 Å². The highest BCUT2D eigenvalue weighted by atomic mass is 16.5. The van der Waals surface area contributed by atoms with E-state index in [9.17, 15) is 0 Å². The second-order valence-corrected chi connectivity index (χ2v) is 19.6. The molecule has 5 nitrogen and oxygen atoms in total. The highest BCUT2D eigenvalue weighted by molar-refractivity contribution is 6.16. The number of benzene rings is 8. The van der Waals surface area contributed by atoms with Gasteiger partial charge in [0, 0.05) is 55.7 Å². The summed E-state index contributed by atoms with van der Waals surface area (Å²) in [6.45, 7) is 11.4. The van der Waals surface area contributed by atoms with Crippen LogP contribution in [0.25, 0.3) is 61.0 Å². The summed E-state index contributed by atoms with van der Waals surface area (Å²) in [6, 6.07) is 52.9. The molecule has 0 amide bonds. The quantitative estimate of drug-likeness (QED) is 0.152. The minimum Gasteiger partial charge on any atom is -0.457 e. The predicted octanol–water partition coefficient (Wildman–Crippen LogP) is 17.1. The Labute approximate surface area is 411 Å². The number of para-hydroxylation sites is 1. The Hall–Kier alpha value is -7.89. The molecule has 0 unspecified atom stereocenters. The summed E-state index contributed by atoms with van der Waals surface area (Å²) in [7, 11) is 0. The Bertz CT molecular complexity index is 3850. The van der Waals surface area contributed by atoms with Gasteiger partial charge in [-0.3, -0.25) is 4.57 Å². The molecule has 0 saturated carbocycles. The van der Waals surface area contributed by atoms with E-state index < -0.39 is 37.1 Å². The standard InChI is InChI=1S/C63H56N4O/c1-42-34-59(64-40-55(42)45-24-15-10-16-25-45)67-56-30-18-28-52(43-20-11-8-12-21-43)60(56)54-33-32-51(39-58(54)67)68-50-27-17-26-48(38-50)65-41-66(49-36-46(62(2,3)4)35-47(37-49)63(5,6)7)61-53(29-19-31-57(61)65)44-22-13-9-14-23-44/h8-40H,41H2,1-7H3/i1D3,10D,15D,16D,24D,25D. The van der Waals surface area contributed by atoms with Gasteiger partial charge in [-0.05, 0) is 111 Å². The normalized spacial score (nSPS) is 14.7. The van der Waals surface area contributed by atoms with Gasteiger partial charge in [0.15, 0.2) is 0 Å². The number of hydrogen-bond donors (Lipinski definition) is 0. The number of fused-ring (bicyclic) bond motifs is 4. The van der Waals surface area contributed by atoms with Gasteiger partial charge in [0.05, 0.1) is 29.3 Å². The number of aryl methyl sites for hydroxylation is 1. The smallest absolute Gasteiger partial charge is 0.137 e. The average Bonchev–Trinajstić information content (AvgIpc) is 3.98. The number of nitrogens with zero attached hydrogens (tertiary/aromatic N) is 4. The highest BCUT2D eigenvalue weighted by Crippen LogP contribution is 2.51. The Kier molecular flexibility index (Phi) is 8.49. The summed E-state index contributed by atoms with van der Waals surface area (Å²) >= 11 is 0. The minimum atomic E-state index is -2.76. The molecule has 8 aromatic carbocycles. The molecule has 0 N–H and O–H groups in total. The molecule has 0 spiro atoms. The third-order valence-electron chi connectivity index (χ3n) is 13.0. The fourth-order valence-electron chi connectivity index (χ4n) is 9.45. The van der Waals surface area contributed by atoms with E-state index in [4.69, 9.17) is 20.7 Å². The molecule has 0 radical (unpaired) electrons. The number of rotatable bonds is 8. The Morgan fingerprint density at radius 2 is 1.21 bits per heavy atom. The fraction of sp³-hybridized carbons (Fsp3) is 0.159. The van der Waals surface area contributed by atoms with E-state index in [-0.39, 0.29) is 33.3 Å². The van der Waals surface area contributed by atoms with Crippen LogP contribution in [0.3, 0.4) is 0 Å².